The number of carbonyl (C=O) groups excluding carboxylic acids is 3. The highest BCUT2D eigenvalue weighted by Crippen LogP contribution is 2.23. The smallest absolute Gasteiger partial charge is 0.329 e. The lowest BCUT2D eigenvalue weighted by molar-refractivity contribution is -0.123. The Morgan fingerprint density at radius 1 is 1.27 bits per heavy atom. The Kier molecular flexibility index (Phi) is 6.61. The zero-order valence-corrected chi connectivity index (χ0v) is 15.8. The average Bonchev–Trinajstić information content (AvgIpc) is 2.92. The maximum atomic E-state index is 12.5. The summed E-state index contributed by atoms with van der Waals surface area (Å²) >= 11 is 5.84. The van der Waals surface area contributed by atoms with Crippen LogP contribution in [0.25, 0.3) is 0 Å². The highest BCUT2D eigenvalue weighted by molar-refractivity contribution is 6.30. The van der Waals surface area contributed by atoms with Crippen molar-refractivity contribution in [2.45, 2.75) is 51.1 Å². The summed E-state index contributed by atoms with van der Waals surface area (Å²) in [6, 6.07) is 5.21. The number of hydrogen-bond donors (Lipinski definition) is 3. The predicted molar refractivity (Wildman–Crippen MR) is 101 cm³/mol. The molecule has 7 nitrogen and oxygen atoms in total. The Hall–Kier alpha value is -2.12. The molecule has 1 aromatic rings. The lowest BCUT2D eigenvalue weighted by Gasteiger charge is -2.31. The van der Waals surface area contributed by atoms with Gasteiger partial charge in [0.05, 0.1) is 11.2 Å². The molecular formula is C18H25ClN4O3. The zero-order valence-electron chi connectivity index (χ0n) is 15.0. The van der Waals surface area contributed by atoms with Gasteiger partial charge in [0.2, 0.25) is 5.91 Å². The number of nitrogens with two attached hydrogens (primary N) is 1. The van der Waals surface area contributed by atoms with Gasteiger partial charge in [-0.05, 0) is 43.5 Å². The van der Waals surface area contributed by atoms with Gasteiger partial charge in [0.25, 0.3) is 5.91 Å². The molecule has 0 spiro atoms. The fourth-order valence-corrected chi connectivity index (χ4v) is 3.09. The van der Waals surface area contributed by atoms with Gasteiger partial charge in [-0.1, -0.05) is 25.4 Å². The molecule has 1 heterocycles. The van der Waals surface area contributed by atoms with E-state index < -0.39 is 17.6 Å². The minimum atomic E-state index is -0.723. The van der Waals surface area contributed by atoms with Gasteiger partial charge in [0, 0.05) is 18.0 Å². The van der Waals surface area contributed by atoms with Gasteiger partial charge in [-0.15, -0.1) is 0 Å². The van der Waals surface area contributed by atoms with E-state index in [2.05, 4.69) is 10.6 Å². The Balaban J connectivity index is 1.97. The van der Waals surface area contributed by atoms with Crippen molar-refractivity contribution in [3.8, 4) is 0 Å². The summed E-state index contributed by atoms with van der Waals surface area (Å²) in [5.74, 6) is -0.549. The molecule has 1 aromatic carbocycles. The van der Waals surface area contributed by atoms with Gasteiger partial charge in [-0.2, -0.15) is 0 Å². The van der Waals surface area contributed by atoms with Gasteiger partial charge in [-0.3, -0.25) is 9.59 Å². The molecule has 26 heavy (non-hydrogen) atoms. The molecule has 0 saturated carbocycles. The number of hydrogen-bond acceptors (Lipinski definition) is 4. The van der Waals surface area contributed by atoms with E-state index >= 15 is 0 Å². The minimum Gasteiger partial charge on any atom is -0.349 e. The summed E-state index contributed by atoms with van der Waals surface area (Å²) < 4.78 is 0. The number of nitrogens with zero attached hydrogens (tertiary/aromatic N) is 1. The number of anilines is 1. The first-order chi connectivity index (χ1) is 12.4. The van der Waals surface area contributed by atoms with Crippen LogP contribution in [0.5, 0.6) is 0 Å². The second-order valence-electron chi connectivity index (χ2n) is 6.43. The quantitative estimate of drug-likeness (QED) is 0.601. The third kappa shape index (κ3) is 4.34. The van der Waals surface area contributed by atoms with Gasteiger partial charge in [0.1, 0.15) is 6.04 Å². The Labute approximate surface area is 158 Å². The van der Waals surface area contributed by atoms with Gasteiger partial charge < -0.3 is 16.4 Å². The number of amides is 4. The van der Waals surface area contributed by atoms with Crippen LogP contribution in [-0.4, -0.2) is 36.0 Å². The monoisotopic (exact) mass is 380 g/mol. The first-order valence-electron chi connectivity index (χ1n) is 8.77. The summed E-state index contributed by atoms with van der Waals surface area (Å²) in [6.07, 6.45) is 1.83. The van der Waals surface area contributed by atoms with Crippen LogP contribution in [0.2, 0.25) is 5.02 Å². The summed E-state index contributed by atoms with van der Waals surface area (Å²) in [4.78, 5) is 38.0. The van der Waals surface area contributed by atoms with E-state index in [0.717, 1.165) is 17.7 Å². The number of nitrogens with one attached hydrogen (secondary N) is 2. The minimum absolute atomic E-state index is 0.132. The van der Waals surface area contributed by atoms with Crippen LogP contribution in [0, 0.1) is 0 Å². The first kappa shape index (κ1) is 20.2. The molecule has 2 rings (SSSR count). The van der Waals surface area contributed by atoms with E-state index in [4.69, 9.17) is 17.3 Å². The molecular weight excluding hydrogens is 356 g/mol. The van der Waals surface area contributed by atoms with Crippen molar-refractivity contribution in [3.05, 3.63) is 29.3 Å². The van der Waals surface area contributed by atoms with Crippen LogP contribution >= 0.6 is 11.6 Å². The third-order valence-electron chi connectivity index (χ3n) is 4.91. The summed E-state index contributed by atoms with van der Waals surface area (Å²) in [7, 11) is 0. The highest BCUT2D eigenvalue weighted by Gasteiger charge is 2.39. The molecule has 1 fully saturated rings. The topological polar surface area (TPSA) is 105 Å². The van der Waals surface area contributed by atoms with E-state index in [1.807, 2.05) is 13.8 Å². The maximum absolute atomic E-state index is 12.5. The predicted octanol–water partition coefficient (Wildman–Crippen LogP) is 2.18. The molecule has 0 radical (unpaired) electrons. The molecule has 1 aliphatic heterocycles. The number of rotatable bonds is 8. The second-order valence-corrected chi connectivity index (χ2v) is 6.87. The second kappa shape index (κ2) is 8.51. The highest BCUT2D eigenvalue weighted by atomic mass is 35.5. The van der Waals surface area contributed by atoms with Crippen LogP contribution in [0.1, 0.15) is 39.5 Å². The standard InChI is InChI=1S/C18H25ClN4O3/c1-3-18(4-2,11-20)22-15(24)10-9-14-16(25)23(17(26)21-14)13-7-5-12(19)6-8-13/h5-8,14H,3-4,9-11,20H2,1-2H3,(H,21,26)(H,22,24). The number of carbonyl (C=O) groups is 3. The molecule has 4 N–H and O–H groups in total. The molecule has 1 atom stereocenters. The van der Waals surface area contributed by atoms with Crippen molar-refractivity contribution in [1.82, 2.24) is 10.6 Å². The molecule has 1 saturated heterocycles. The van der Waals surface area contributed by atoms with E-state index in [1.165, 1.54) is 0 Å². The largest absolute Gasteiger partial charge is 0.349 e. The molecule has 4 amide bonds. The number of benzene rings is 1. The first-order valence-corrected chi connectivity index (χ1v) is 9.14. The number of halogens is 1. The van der Waals surface area contributed by atoms with Crippen molar-refractivity contribution in [2.75, 3.05) is 11.4 Å². The van der Waals surface area contributed by atoms with E-state index in [9.17, 15) is 14.4 Å². The van der Waals surface area contributed by atoms with Crippen LogP contribution in [-0.2, 0) is 9.59 Å². The van der Waals surface area contributed by atoms with E-state index in [0.29, 0.717) is 17.3 Å². The molecule has 8 heteroatoms. The summed E-state index contributed by atoms with van der Waals surface area (Å²) in [6.45, 7) is 4.30. The lowest BCUT2D eigenvalue weighted by atomic mass is 9.92. The van der Waals surface area contributed by atoms with Crippen LogP contribution in [0.4, 0.5) is 10.5 Å². The van der Waals surface area contributed by atoms with Crippen molar-refractivity contribution in [1.29, 1.82) is 0 Å². The van der Waals surface area contributed by atoms with Crippen molar-refractivity contribution in [2.24, 2.45) is 5.73 Å². The van der Waals surface area contributed by atoms with E-state index in [-0.39, 0.29) is 24.7 Å². The molecule has 0 aliphatic carbocycles. The Morgan fingerprint density at radius 2 is 1.88 bits per heavy atom. The van der Waals surface area contributed by atoms with Gasteiger partial charge in [-0.25, -0.2) is 9.69 Å². The third-order valence-corrected chi connectivity index (χ3v) is 5.17. The fraction of sp³-hybridized carbons (Fsp3) is 0.500. The normalized spacial score (nSPS) is 17.4. The van der Waals surface area contributed by atoms with Crippen LogP contribution in [0.15, 0.2) is 24.3 Å². The molecule has 1 aliphatic rings. The maximum Gasteiger partial charge on any atom is 0.329 e. The zero-order chi connectivity index (χ0) is 19.3. The molecule has 142 valence electrons. The van der Waals surface area contributed by atoms with Gasteiger partial charge >= 0.3 is 6.03 Å². The van der Waals surface area contributed by atoms with Crippen molar-refractivity contribution >= 4 is 35.1 Å². The molecule has 1 unspecified atom stereocenters. The summed E-state index contributed by atoms with van der Waals surface area (Å²) in [5.41, 5.74) is 5.81. The molecule has 0 bridgehead atoms. The average molecular weight is 381 g/mol. The van der Waals surface area contributed by atoms with Crippen molar-refractivity contribution in [3.63, 3.8) is 0 Å². The number of imide groups is 1. The van der Waals surface area contributed by atoms with Crippen molar-refractivity contribution < 1.29 is 14.4 Å². The number of urea groups is 1. The summed E-state index contributed by atoms with van der Waals surface area (Å²) in [5, 5.41) is 6.11. The lowest BCUT2D eigenvalue weighted by Crippen LogP contribution is -2.53. The Morgan fingerprint density at radius 3 is 2.42 bits per heavy atom. The molecule has 0 aromatic heterocycles. The SMILES string of the molecule is CCC(CC)(CN)NC(=O)CCC1NC(=O)N(c2ccc(Cl)cc2)C1=O. The van der Waals surface area contributed by atoms with E-state index in [1.54, 1.807) is 24.3 Å². The van der Waals surface area contributed by atoms with Crippen LogP contribution < -0.4 is 21.3 Å². The van der Waals surface area contributed by atoms with Gasteiger partial charge in [0.15, 0.2) is 0 Å². The fourth-order valence-electron chi connectivity index (χ4n) is 2.96. The Bertz CT molecular complexity index is 665. The van der Waals surface area contributed by atoms with Crippen LogP contribution in [0.3, 0.4) is 0 Å².